The van der Waals surface area contributed by atoms with E-state index >= 15 is 0 Å². The summed E-state index contributed by atoms with van der Waals surface area (Å²) in [5.41, 5.74) is 0. The maximum absolute atomic E-state index is 10.5. The number of hydrogen-bond donors (Lipinski definition) is 3. The summed E-state index contributed by atoms with van der Waals surface area (Å²) >= 11 is 4.24. The van der Waals surface area contributed by atoms with Gasteiger partial charge in [0.25, 0.3) is 10.5 Å². The van der Waals surface area contributed by atoms with E-state index in [2.05, 4.69) is 37.2 Å². The number of aliphatic hydroxyl groups excluding tert-OH is 1. The van der Waals surface area contributed by atoms with Crippen molar-refractivity contribution < 1.29 is 158 Å². The fraction of sp³-hybridized carbons (Fsp3) is 0.600. The zero-order chi connectivity index (χ0) is 21.6. The van der Waals surface area contributed by atoms with E-state index < -0.39 is 46.3 Å². The van der Waals surface area contributed by atoms with Crippen molar-refractivity contribution in [2.75, 3.05) is 20.5 Å². The van der Waals surface area contributed by atoms with Crippen LogP contribution in [0.4, 0.5) is 16.6 Å². The van der Waals surface area contributed by atoms with Crippen LogP contribution in [0.3, 0.4) is 0 Å². The predicted molar refractivity (Wildman–Crippen MR) is 101 cm³/mol. The van der Waals surface area contributed by atoms with Crippen LogP contribution in [0.25, 0.3) is 0 Å². The van der Waals surface area contributed by atoms with Crippen LogP contribution in [0.2, 0.25) is 0 Å². The Hall–Kier alpha value is 3.63. The molecule has 0 unspecified atom stereocenters. The average molecular weight is 838 g/mol. The molecule has 11 nitrogen and oxygen atoms in total. The fourth-order valence-corrected chi connectivity index (χ4v) is 0. The van der Waals surface area contributed by atoms with Crippen LogP contribution in [0, 0.1) is 0 Å². The van der Waals surface area contributed by atoms with Crippen LogP contribution in [0.15, 0.2) is 0 Å². The molecule has 0 aromatic carbocycles. The summed E-state index contributed by atoms with van der Waals surface area (Å²) in [5.74, 6) is -3.07. The van der Waals surface area contributed by atoms with Gasteiger partial charge in [0.05, 0.1) is 5.97 Å². The third-order valence-electron chi connectivity index (χ3n) is 0.223. The minimum atomic E-state index is -5.42. The molecule has 0 aliphatic heterocycles. The van der Waals surface area contributed by atoms with Crippen molar-refractivity contribution in [1.29, 1.82) is 0 Å². The van der Waals surface area contributed by atoms with Gasteiger partial charge < -0.3 is 26.1 Å². The van der Waals surface area contributed by atoms with Gasteiger partial charge in [-0.15, -0.1) is 27.9 Å². The second-order valence-electron chi connectivity index (χ2n) is 1.84. The molecule has 28 heavy (non-hydrogen) atoms. The van der Waals surface area contributed by atoms with E-state index in [1.54, 1.807) is 0 Å². The molecule has 0 atom stereocenters. The molecule has 0 rings (SSSR count). The second-order valence-corrected chi connectivity index (χ2v) is 3.45. The van der Waals surface area contributed by atoms with E-state index in [1.165, 1.54) is 0 Å². The van der Waals surface area contributed by atoms with Crippen molar-refractivity contribution in [2.24, 2.45) is 0 Å². The molecular formula is C5H12F4I3Na3O11S2. The van der Waals surface area contributed by atoms with Gasteiger partial charge in [-0.3, -0.25) is 4.55 Å². The Balaban J connectivity index is -0.0000000148. The van der Waals surface area contributed by atoms with Crippen molar-refractivity contribution >= 4 is 94.2 Å². The molecule has 0 aliphatic carbocycles. The summed E-state index contributed by atoms with van der Waals surface area (Å²) in [5, 5.41) is 23.2. The van der Waals surface area contributed by atoms with Gasteiger partial charge in [-0.05, 0) is 0 Å². The van der Waals surface area contributed by atoms with Crippen LogP contribution < -0.4 is 93.8 Å². The maximum Gasteiger partial charge on any atom is 1.00 e. The Morgan fingerprint density at radius 2 is 1.04 bits per heavy atom. The molecule has 0 bridgehead atoms. The van der Waals surface area contributed by atoms with Gasteiger partial charge in [0.2, 0.25) is 0 Å². The first-order valence-corrected chi connectivity index (χ1v) is 12.9. The summed E-state index contributed by atoms with van der Waals surface area (Å²) in [6.07, 6.45) is 0. The molecule has 23 heteroatoms. The number of aliphatic carboxylic acids is 2. The third-order valence-corrected chi connectivity index (χ3v) is 0.223. The number of halogens is 7. The molecule has 3 N–H and O–H groups in total. The molecule has 0 saturated heterocycles. The van der Waals surface area contributed by atoms with E-state index in [4.69, 9.17) is 50.8 Å². The van der Waals surface area contributed by atoms with Gasteiger partial charge in [-0.2, -0.15) is 8.42 Å². The van der Waals surface area contributed by atoms with Crippen molar-refractivity contribution in [1.82, 2.24) is 0 Å². The van der Waals surface area contributed by atoms with Gasteiger partial charge in [0, 0.05) is 44.3 Å². The number of carboxylic acid groups (broad SMARTS) is 2. The first kappa shape index (κ1) is 63.4. The molecule has 0 heterocycles. The minimum Gasteiger partial charge on any atom is -1.00 e. The topological polar surface area (TPSA) is 209 Å². The number of carbonyl (C=O) groups is 2. The Bertz CT molecular complexity index is 432. The Morgan fingerprint density at radius 1 is 0.964 bits per heavy atom. The van der Waals surface area contributed by atoms with E-state index in [-0.39, 0.29) is 114 Å². The number of rotatable bonds is 2. The minimum absolute atomic E-state index is 0. The third kappa shape index (κ3) is 417. The second kappa shape index (κ2) is 48.2. The van der Waals surface area contributed by atoms with Crippen molar-refractivity contribution in [2.45, 2.75) is 0 Å². The standard InChI is InChI=1S/2C2H3FO2.CH4O.2FHO3S.I2.HI.3Na.H/c2*3-1-2(4)5;1-2;2*1-5(2,3)4;1-2;;;;;/h2*1H2,(H,4,5);2H,1H3;2*(H,2,3,4);;1H;;;;/q;;;;;;;3*+1;-1/p-2. The summed E-state index contributed by atoms with van der Waals surface area (Å²) in [6.45, 7) is -2.67. The predicted octanol–water partition coefficient (Wildman–Crippen LogP) is -8.96. The van der Waals surface area contributed by atoms with Crippen molar-refractivity contribution in [3.63, 3.8) is 0 Å². The van der Waals surface area contributed by atoms with Crippen LogP contribution in [-0.2, 0) is 30.6 Å². The summed E-state index contributed by atoms with van der Waals surface area (Å²) in [6, 6.07) is 0. The van der Waals surface area contributed by atoms with E-state index in [1.807, 2.05) is 0 Å². The molecule has 0 amide bonds. The van der Waals surface area contributed by atoms with Gasteiger partial charge in [0.1, 0.15) is 6.67 Å². The number of aliphatic hydroxyl groups is 1. The SMILES string of the molecule is CO.I.II.O=C(O)CF.O=C([O-])CF.O=S(=O)(O)F.O=S(=O)([O-])F.[H-].[Na+].[Na+].[Na+]. The number of carbonyl (C=O) groups excluding carboxylic acids is 1. The normalized spacial score (nSPS) is 7.21. The monoisotopic (exact) mass is 838 g/mol. The van der Waals surface area contributed by atoms with Crippen molar-refractivity contribution in [3.8, 4) is 0 Å². The summed E-state index contributed by atoms with van der Waals surface area (Å²) < 4.78 is 90.4. The molecule has 0 aliphatic rings. The summed E-state index contributed by atoms with van der Waals surface area (Å²) in [4.78, 5) is 17.9. The molecular weight excluding hydrogens is 826 g/mol. The van der Waals surface area contributed by atoms with Crippen LogP contribution in [-0.4, -0.2) is 68.6 Å². The van der Waals surface area contributed by atoms with E-state index in [0.29, 0.717) is 0 Å². The maximum atomic E-state index is 10.5. The number of carboxylic acids is 2. The Morgan fingerprint density at radius 3 is 1.04 bits per heavy atom. The van der Waals surface area contributed by atoms with Gasteiger partial charge in [-0.1, -0.05) is 3.89 Å². The van der Waals surface area contributed by atoms with Crippen molar-refractivity contribution in [3.05, 3.63) is 0 Å². The largest absolute Gasteiger partial charge is 1.00 e. The molecule has 0 aromatic heterocycles. The smallest absolute Gasteiger partial charge is 1.00 e. The number of alkyl halides is 2. The molecule has 0 saturated carbocycles. The first-order chi connectivity index (χ1) is 10.5. The molecule has 162 valence electrons. The zero-order valence-electron chi connectivity index (χ0n) is 15.5. The molecule has 0 aromatic rings. The van der Waals surface area contributed by atoms with E-state index in [0.717, 1.165) is 7.11 Å². The Kier molecular flexibility index (Phi) is 109. The molecule has 0 radical (unpaired) electrons. The molecule has 0 fully saturated rings. The van der Waals surface area contributed by atoms with E-state index in [9.17, 15) is 16.6 Å². The fourth-order valence-electron chi connectivity index (χ4n) is 0. The quantitative estimate of drug-likeness (QED) is 0.0783. The molecule has 0 spiro atoms. The average Bonchev–Trinajstić information content (AvgIpc) is 2.40. The zero-order valence-corrected chi connectivity index (χ0v) is 28.8. The van der Waals surface area contributed by atoms with Gasteiger partial charge in [-0.25, -0.2) is 22.0 Å². The Labute approximate surface area is 267 Å². The van der Waals surface area contributed by atoms with Gasteiger partial charge in [0.15, 0.2) is 6.67 Å². The first-order valence-electron chi connectivity index (χ1n) is 3.99. The summed E-state index contributed by atoms with van der Waals surface area (Å²) in [7, 11) is -9.58. The van der Waals surface area contributed by atoms with Crippen LogP contribution >= 0.6 is 61.2 Å². The van der Waals surface area contributed by atoms with Crippen LogP contribution in [0.1, 0.15) is 1.43 Å². The van der Waals surface area contributed by atoms with Gasteiger partial charge >= 0.3 is 105 Å². The number of hydrogen-bond acceptors (Lipinski definition) is 9. The van der Waals surface area contributed by atoms with Crippen LogP contribution in [0.5, 0.6) is 0 Å².